The minimum atomic E-state index is -3.51. The van der Waals surface area contributed by atoms with E-state index >= 15 is 0 Å². The van der Waals surface area contributed by atoms with Crippen LogP contribution in [0.5, 0.6) is 0 Å². The molecule has 0 unspecified atom stereocenters. The van der Waals surface area contributed by atoms with Gasteiger partial charge in [-0.25, -0.2) is 17.9 Å². The predicted molar refractivity (Wildman–Crippen MR) is 106 cm³/mol. The molecule has 4 rings (SSSR count). The van der Waals surface area contributed by atoms with E-state index in [9.17, 15) is 13.2 Å². The number of ketones is 1. The van der Waals surface area contributed by atoms with Crippen molar-refractivity contribution in [3.8, 4) is 0 Å². The third-order valence-electron chi connectivity index (χ3n) is 5.02. The number of carbonyl (C=O) groups excluding carboxylic acids is 1. The van der Waals surface area contributed by atoms with Gasteiger partial charge in [0.1, 0.15) is 0 Å². The smallest absolute Gasteiger partial charge is 0.243 e. The molecular formula is C20H22N4O4S. The van der Waals surface area contributed by atoms with Crippen LogP contribution < -0.4 is 0 Å². The summed E-state index contributed by atoms with van der Waals surface area (Å²) in [6.07, 6.45) is 4.22. The Kier molecular flexibility index (Phi) is 5.44. The molecular weight excluding hydrogens is 392 g/mol. The number of aromatic nitrogens is 3. The standard InChI is InChI=1S/C20H22N4O4S/c1-15-19(20-21-9-2-10-24(20)22-15)18(25)8-5-16-3-6-17(7-4-16)29(26,27)23-11-13-28-14-12-23/h2-4,6-7,9-10H,5,8,11-14H2,1H3. The fraction of sp³-hybridized carbons (Fsp3) is 0.350. The lowest BCUT2D eigenvalue weighted by Crippen LogP contribution is -2.40. The van der Waals surface area contributed by atoms with E-state index in [2.05, 4.69) is 10.1 Å². The largest absolute Gasteiger partial charge is 0.379 e. The summed E-state index contributed by atoms with van der Waals surface area (Å²) in [7, 11) is -3.51. The number of nitrogens with zero attached hydrogens (tertiary/aromatic N) is 4. The van der Waals surface area contributed by atoms with Crippen LogP contribution in [-0.4, -0.2) is 59.4 Å². The van der Waals surface area contributed by atoms with E-state index in [1.165, 1.54) is 4.31 Å². The van der Waals surface area contributed by atoms with Crippen LogP contribution in [0.3, 0.4) is 0 Å². The number of rotatable bonds is 6. The maximum atomic E-state index is 12.7. The van der Waals surface area contributed by atoms with E-state index in [0.717, 1.165) is 5.56 Å². The zero-order chi connectivity index (χ0) is 20.4. The number of fused-ring (bicyclic) bond motifs is 1. The van der Waals surface area contributed by atoms with Crippen molar-refractivity contribution in [2.45, 2.75) is 24.7 Å². The highest BCUT2D eigenvalue weighted by molar-refractivity contribution is 7.89. The average Bonchev–Trinajstić information content (AvgIpc) is 3.08. The number of sulfonamides is 1. The Labute approximate surface area is 169 Å². The SMILES string of the molecule is Cc1nn2cccnc2c1C(=O)CCc1ccc(S(=O)(=O)N2CCOCC2)cc1. The van der Waals surface area contributed by atoms with Crippen LogP contribution in [0.25, 0.3) is 5.65 Å². The number of morpholine rings is 1. The summed E-state index contributed by atoms with van der Waals surface area (Å²) >= 11 is 0. The van der Waals surface area contributed by atoms with Crippen molar-refractivity contribution < 1.29 is 17.9 Å². The average molecular weight is 414 g/mol. The first-order valence-electron chi connectivity index (χ1n) is 9.47. The molecule has 0 N–H and O–H groups in total. The molecule has 3 heterocycles. The first-order valence-corrected chi connectivity index (χ1v) is 10.9. The molecule has 1 saturated heterocycles. The first-order chi connectivity index (χ1) is 14.0. The van der Waals surface area contributed by atoms with Gasteiger partial charge in [-0.15, -0.1) is 0 Å². The molecule has 1 aliphatic rings. The predicted octanol–water partition coefficient (Wildman–Crippen LogP) is 1.87. The second-order valence-corrected chi connectivity index (χ2v) is 8.87. The third kappa shape index (κ3) is 3.93. The Bertz CT molecular complexity index is 1130. The fourth-order valence-corrected chi connectivity index (χ4v) is 4.88. The summed E-state index contributed by atoms with van der Waals surface area (Å²) < 4.78 is 33.6. The van der Waals surface area contributed by atoms with E-state index in [-0.39, 0.29) is 10.7 Å². The molecule has 0 saturated carbocycles. The Balaban J connectivity index is 1.45. The molecule has 0 atom stereocenters. The quantitative estimate of drug-likeness (QED) is 0.572. The Morgan fingerprint density at radius 3 is 2.62 bits per heavy atom. The summed E-state index contributed by atoms with van der Waals surface area (Å²) in [6, 6.07) is 8.50. The number of Topliss-reactive ketones (excluding diaryl/α,β-unsaturated/α-hetero) is 1. The number of aryl methyl sites for hydroxylation is 2. The van der Waals surface area contributed by atoms with E-state index in [1.54, 1.807) is 54.2 Å². The van der Waals surface area contributed by atoms with Crippen molar-refractivity contribution in [1.82, 2.24) is 18.9 Å². The summed E-state index contributed by atoms with van der Waals surface area (Å²) in [5, 5.41) is 4.33. The van der Waals surface area contributed by atoms with Crippen molar-refractivity contribution in [3.63, 3.8) is 0 Å². The zero-order valence-electron chi connectivity index (χ0n) is 16.1. The van der Waals surface area contributed by atoms with E-state index in [4.69, 9.17) is 4.74 Å². The monoisotopic (exact) mass is 414 g/mol. The molecule has 2 aromatic heterocycles. The number of benzene rings is 1. The molecule has 29 heavy (non-hydrogen) atoms. The van der Waals surface area contributed by atoms with Crippen molar-refractivity contribution >= 4 is 21.5 Å². The van der Waals surface area contributed by atoms with Crippen LogP contribution in [0.2, 0.25) is 0 Å². The summed E-state index contributed by atoms with van der Waals surface area (Å²) in [5.74, 6) is -0.0267. The van der Waals surface area contributed by atoms with Crippen LogP contribution in [0.1, 0.15) is 28.0 Å². The van der Waals surface area contributed by atoms with Crippen LogP contribution in [-0.2, 0) is 21.2 Å². The van der Waals surface area contributed by atoms with Gasteiger partial charge in [0.05, 0.1) is 29.4 Å². The second kappa shape index (κ2) is 8.02. The topological polar surface area (TPSA) is 93.9 Å². The van der Waals surface area contributed by atoms with Crippen molar-refractivity contribution in [2.75, 3.05) is 26.3 Å². The van der Waals surface area contributed by atoms with Crippen molar-refractivity contribution in [3.05, 3.63) is 59.5 Å². The maximum Gasteiger partial charge on any atom is 0.243 e. The molecule has 0 spiro atoms. The van der Waals surface area contributed by atoms with Gasteiger partial charge in [0.2, 0.25) is 10.0 Å². The van der Waals surface area contributed by atoms with E-state index in [1.807, 2.05) is 0 Å². The molecule has 0 radical (unpaired) electrons. The van der Waals surface area contributed by atoms with Gasteiger partial charge in [-0.2, -0.15) is 9.40 Å². The lowest BCUT2D eigenvalue weighted by molar-refractivity contribution is 0.0730. The zero-order valence-corrected chi connectivity index (χ0v) is 16.9. The fourth-order valence-electron chi connectivity index (χ4n) is 3.47. The van der Waals surface area contributed by atoms with Gasteiger partial charge in [0, 0.05) is 31.9 Å². The van der Waals surface area contributed by atoms with Crippen LogP contribution in [0.15, 0.2) is 47.6 Å². The molecule has 8 nitrogen and oxygen atoms in total. The minimum Gasteiger partial charge on any atom is -0.379 e. The summed E-state index contributed by atoms with van der Waals surface area (Å²) in [6.45, 7) is 3.36. The first kappa shape index (κ1) is 19.7. The van der Waals surface area contributed by atoms with Crippen molar-refractivity contribution in [1.29, 1.82) is 0 Å². The van der Waals surface area contributed by atoms with Crippen LogP contribution in [0.4, 0.5) is 0 Å². The maximum absolute atomic E-state index is 12.7. The number of ether oxygens (including phenoxy) is 1. The Morgan fingerprint density at radius 1 is 1.17 bits per heavy atom. The third-order valence-corrected chi connectivity index (χ3v) is 6.93. The molecule has 0 aliphatic carbocycles. The number of hydrogen-bond donors (Lipinski definition) is 0. The minimum absolute atomic E-state index is 0.0267. The molecule has 1 fully saturated rings. The van der Waals surface area contributed by atoms with Gasteiger partial charge >= 0.3 is 0 Å². The second-order valence-electron chi connectivity index (χ2n) is 6.93. The highest BCUT2D eigenvalue weighted by atomic mass is 32.2. The number of carbonyl (C=O) groups is 1. The Hall–Kier alpha value is -2.62. The molecule has 1 aromatic carbocycles. The van der Waals surface area contributed by atoms with E-state index in [0.29, 0.717) is 56.0 Å². The van der Waals surface area contributed by atoms with Gasteiger partial charge < -0.3 is 4.74 Å². The van der Waals surface area contributed by atoms with Gasteiger partial charge in [-0.05, 0) is 37.1 Å². The lowest BCUT2D eigenvalue weighted by Gasteiger charge is -2.26. The van der Waals surface area contributed by atoms with Gasteiger partial charge in [0.15, 0.2) is 11.4 Å². The van der Waals surface area contributed by atoms with Crippen molar-refractivity contribution in [2.24, 2.45) is 0 Å². The summed E-state index contributed by atoms with van der Waals surface area (Å²) in [5.41, 5.74) is 2.65. The van der Waals surface area contributed by atoms with Crippen LogP contribution in [0, 0.1) is 6.92 Å². The van der Waals surface area contributed by atoms with E-state index < -0.39 is 10.0 Å². The Morgan fingerprint density at radius 2 is 1.90 bits per heavy atom. The normalized spacial score (nSPS) is 15.6. The number of hydrogen-bond acceptors (Lipinski definition) is 6. The lowest BCUT2D eigenvalue weighted by atomic mass is 10.0. The molecule has 0 amide bonds. The van der Waals surface area contributed by atoms with Gasteiger partial charge in [-0.1, -0.05) is 12.1 Å². The molecule has 9 heteroatoms. The van der Waals surface area contributed by atoms with Gasteiger partial charge in [0.25, 0.3) is 0 Å². The summed E-state index contributed by atoms with van der Waals surface area (Å²) in [4.78, 5) is 17.3. The molecule has 3 aromatic rings. The van der Waals surface area contributed by atoms with Crippen LogP contribution >= 0.6 is 0 Å². The molecule has 1 aliphatic heterocycles. The molecule has 152 valence electrons. The molecule has 0 bridgehead atoms. The highest BCUT2D eigenvalue weighted by Gasteiger charge is 2.26. The van der Waals surface area contributed by atoms with Gasteiger partial charge in [-0.3, -0.25) is 4.79 Å². The highest BCUT2D eigenvalue weighted by Crippen LogP contribution is 2.20.